The molecule has 3 N–H and O–H groups in total. The molecule has 0 spiro atoms. The van der Waals surface area contributed by atoms with Crippen LogP contribution < -0.4 is 18.9 Å². The van der Waals surface area contributed by atoms with Crippen LogP contribution in [0.4, 0.5) is 0 Å². The lowest BCUT2D eigenvalue weighted by Crippen LogP contribution is -2.34. The highest BCUT2D eigenvalue weighted by atomic mass is 16.6. The van der Waals surface area contributed by atoms with Gasteiger partial charge >= 0.3 is 0 Å². The molecule has 0 radical (unpaired) electrons. The Morgan fingerprint density at radius 1 is 0.365 bits per heavy atom. The van der Waals surface area contributed by atoms with Crippen LogP contribution >= 0.6 is 0 Å². The summed E-state index contributed by atoms with van der Waals surface area (Å²) in [7, 11) is 0. The van der Waals surface area contributed by atoms with E-state index in [0.717, 1.165) is 27.5 Å². The van der Waals surface area contributed by atoms with Gasteiger partial charge in [0.25, 0.3) is 0 Å². The maximum Gasteiger partial charge on any atom is 0.208 e. The lowest BCUT2D eigenvalue weighted by molar-refractivity contribution is 0.0543. The molecule has 7 aromatic rings. The van der Waals surface area contributed by atoms with Crippen molar-refractivity contribution in [3.63, 3.8) is 0 Å². The Bertz CT molecular complexity index is 3340. The zero-order chi connectivity index (χ0) is 53.0. The van der Waals surface area contributed by atoms with Crippen molar-refractivity contribution in [2.75, 3.05) is 0 Å². The summed E-state index contributed by atoms with van der Waals surface area (Å²) in [6.07, 6.45) is -1.06. The average molecular weight is 1000 g/mol. The fourth-order valence-corrected chi connectivity index (χ4v) is 11.2. The lowest BCUT2D eigenvalue weighted by Gasteiger charge is -2.35. The van der Waals surface area contributed by atoms with Crippen LogP contribution in [0.5, 0.6) is 23.0 Å². The van der Waals surface area contributed by atoms with Gasteiger partial charge in [0, 0.05) is 33.0 Å². The minimum Gasteiger partial charge on any atom is -0.485 e. The number of hydrogen-bond donors (Lipinski definition) is 3. The number of aliphatic hydroxyl groups excluding tert-OH is 1. The third-order valence-corrected chi connectivity index (χ3v) is 14.5. The van der Waals surface area contributed by atoms with E-state index in [9.17, 15) is 5.11 Å². The first-order valence-corrected chi connectivity index (χ1v) is 26.9. The van der Waals surface area contributed by atoms with Crippen LogP contribution in [0.1, 0.15) is 116 Å². The molecule has 0 atom stereocenters. The van der Waals surface area contributed by atoms with Gasteiger partial charge in [0.05, 0.1) is 17.4 Å². The van der Waals surface area contributed by atoms with Crippen LogP contribution in [-0.2, 0) is 6.61 Å². The SMILES string of the molecule is CC(C)C(Oc1c(OC(C(C)C)C(C)C)c(OC(C(C)C)C(C)C)c2c3nc4nc(nc5[nH]c(nc6nc(nc([nH]3)c2c1OC(C(C)C)C(C)C)-c1ccccc1-6)c1ccccc51)-c1cccc(CO)c1-4)C(C)C. The molecule has 390 valence electrons. The first kappa shape index (κ1) is 52.3. The second-order valence-electron chi connectivity index (χ2n) is 23.0. The molecule has 8 bridgehead atoms. The number of hydrogen-bond acceptors (Lipinski definition) is 11. The number of aliphatic hydroxyl groups is 1. The van der Waals surface area contributed by atoms with Crippen LogP contribution in [0.2, 0.25) is 0 Å². The summed E-state index contributed by atoms with van der Waals surface area (Å²) in [5, 5.41) is 14.0. The van der Waals surface area contributed by atoms with Crippen molar-refractivity contribution in [3.05, 3.63) is 72.3 Å². The van der Waals surface area contributed by atoms with Gasteiger partial charge in [-0.2, -0.15) is 0 Å². The van der Waals surface area contributed by atoms with E-state index in [1.165, 1.54) is 0 Å². The van der Waals surface area contributed by atoms with E-state index in [0.29, 0.717) is 90.8 Å². The van der Waals surface area contributed by atoms with Gasteiger partial charge in [-0.1, -0.05) is 178 Å². The molecule has 4 aromatic carbocycles. The number of fused-ring (bicyclic) bond motifs is 20. The molecule has 0 amide bonds. The summed E-state index contributed by atoms with van der Waals surface area (Å²) in [6, 6.07) is 21.9. The number of nitrogens with zero attached hydrogens (tertiary/aromatic N) is 6. The molecule has 0 unspecified atom stereocenters. The van der Waals surface area contributed by atoms with Gasteiger partial charge in [-0.15, -0.1) is 0 Å². The lowest BCUT2D eigenvalue weighted by atomic mass is 9.94. The minimum absolute atomic E-state index is 0.0935. The molecule has 0 saturated carbocycles. The molecule has 3 aromatic heterocycles. The fourth-order valence-electron chi connectivity index (χ4n) is 11.2. The largest absolute Gasteiger partial charge is 0.485 e. The quantitative estimate of drug-likeness (QED) is 0.0794. The molecule has 2 aliphatic heterocycles. The van der Waals surface area contributed by atoms with Crippen LogP contribution in [0.25, 0.3) is 89.7 Å². The maximum absolute atomic E-state index is 11.0. The van der Waals surface area contributed by atoms with Crippen molar-refractivity contribution in [1.82, 2.24) is 39.9 Å². The predicted octanol–water partition coefficient (Wildman–Crippen LogP) is 14.6. The third-order valence-electron chi connectivity index (χ3n) is 14.5. The summed E-state index contributed by atoms with van der Waals surface area (Å²) in [4.78, 5) is 39.4. The van der Waals surface area contributed by atoms with Gasteiger partial charge < -0.3 is 34.0 Å². The van der Waals surface area contributed by atoms with Gasteiger partial charge in [-0.3, -0.25) is 0 Å². The predicted molar refractivity (Wildman–Crippen MR) is 298 cm³/mol. The Labute approximate surface area is 436 Å². The second kappa shape index (κ2) is 21.0. The first-order chi connectivity index (χ1) is 35.3. The zero-order valence-corrected chi connectivity index (χ0v) is 46.2. The highest BCUT2D eigenvalue weighted by molar-refractivity contribution is 6.14. The summed E-state index contributed by atoms with van der Waals surface area (Å²) in [5.41, 5.74) is 5.71. The molecule has 13 heteroatoms. The Hall–Kier alpha value is -6.60. The van der Waals surface area contributed by atoms with E-state index in [4.69, 9.17) is 48.9 Å². The summed E-state index contributed by atoms with van der Waals surface area (Å²) in [6.45, 7) is 34.8. The van der Waals surface area contributed by atoms with E-state index < -0.39 is 0 Å². The van der Waals surface area contributed by atoms with Crippen LogP contribution in [0.15, 0.2) is 66.7 Å². The summed E-state index contributed by atoms with van der Waals surface area (Å²) < 4.78 is 30.4. The number of H-pyrrole nitrogens is 2. The molecule has 0 saturated heterocycles. The molecular weight excluding hydrogens is 925 g/mol. The Balaban J connectivity index is 1.59. The summed E-state index contributed by atoms with van der Waals surface area (Å²) in [5.74, 6) is 4.43. The molecule has 0 aliphatic carbocycles. The number of aromatic nitrogens is 8. The Morgan fingerprint density at radius 2 is 0.689 bits per heavy atom. The Morgan fingerprint density at radius 3 is 1.09 bits per heavy atom. The molecule has 0 fully saturated rings. The van der Waals surface area contributed by atoms with Crippen molar-refractivity contribution in [3.8, 4) is 68.5 Å². The van der Waals surface area contributed by atoms with Crippen molar-refractivity contribution in [2.24, 2.45) is 47.3 Å². The van der Waals surface area contributed by atoms with Crippen LogP contribution in [0.3, 0.4) is 0 Å². The fraction of sp³-hybridized carbons (Fsp3) is 0.475. The molecule has 9 rings (SSSR count). The zero-order valence-electron chi connectivity index (χ0n) is 46.2. The first-order valence-electron chi connectivity index (χ1n) is 26.9. The van der Waals surface area contributed by atoms with Gasteiger partial charge in [-0.25, -0.2) is 29.9 Å². The van der Waals surface area contributed by atoms with E-state index in [-0.39, 0.29) is 78.4 Å². The standard InChI is InChI=1S/C61H76N8O5/c1-29(2)46(30(3)4)71-50-44-45(51(72-47(31(5)6)32(7)8)53(74-49(35(13)14)36(15)16)52(50)73-48(33(9)10)34(11)12)61-68-59-43-37(28-70)22-21-27-42(43)58(67-59)65-56-39-24-18-17-23-38(39)54(63-56)62-55-40-25-19-20-26-41(40)57(64-55)66-60(44)69-61/h17-27,29-36,46-49,70H,28H2,1-16H3,(H2,62,63,64,65,66,67,68,69). The van der Waals surface area contributed by atoms with Gasteiger partial charge in [-0.05, 0) is 52.9 Å². The maximum atomic E-state index is 11.0. The number of benzene rings is 4. The molecule has 13 nitrogen and oxygen atoms in total. The molecule has 74 heavy (non-hydrogen) atoms. The highest BCUT2D eigenvalue weighted by Crippen LogP contribution is 2.57. The monoisotopic (exact) mass is 1000 g/mol. The summed E-state index contributed by atoms with van der Waals surface area (Å²) >= 11 is 0. The van der Waals surface area contributed by atoms with E-state index in [1.807, 2.05) is 66.7 Å². The molecular formula is C61H76N8O5. The Kier molecular flexibility index (Phi) is 14.8. The smallest absolute Gasteiger partial charge is 0.208 e. The minimum atomic E-state index is -0.277. The van der Waals surface area contributed by atoms with E-state index in [1.54, 1.807) is 0 Å². The third kappa shape index (κ3) is 9.68. The number of rotatable bonds is 17. The average Bonchev–Trinajstić information content (AvgIpc) is 4.09. The van der Waals surface area contributed by atoms with Crippen molar-refractivity contribution < 1.29 is 24.1 Å². The van der Waals surface area contributed by atoms with E-state index in [2.05, 4.69) is 121 Å². The normalized spacial score (nSPS) is 12.8. The topological polar surface area (TPSA) is 166 Å². The number of aromatic amines is 2. The van der Waals surface area contributed by atoms with Crippen molar-refractivity contribution in [2.45, 2.75) is 142 Å². The van der Waals surface area contributed by atoms with Crippen molar-refractivity contribution in [1.29, 1.82) is 0 Å². The van der Waals surface area contributed by atoms with Crippen molar-refractivity contribution >= 4 is 44.1 Å². The van der Waals surface area contributed by atoms with Gasteiger partial charge in [0.15, 0.2) is 34.8 Å². The highest BCUT2D eigenvalue weighted by Gasteiger charge is 2.38. The number of nitrogens with one attached hydrogen (secondary N) is 2. The van der Waals surface area contributed by atoms with Gasteiger partial charge in [0.2, 0.25) is 11.5 Å². The number of ether oxygens (including phenoxy) is 4. The van der Waals surface area contributed by atoms with E-state index >= 15 is 0 Å². The van der Waals surface area contributed by atoms with Gasteiger partial charge in [0.1, 0.15) is 47.0 Å². The second-order valence-corrected chi connectivity index (χ2v) is 23.0. The molecule has 2 aliphatic rings. The molecule has 5 heterocycles. The van der Waals surface area contributed by atoms with Crippen LogP contribution in [0, 0.1) is 47.3 Å². The van der Waals surface area contributed by atoms with Crippen LogP contribution in [-0.4, -0.2) is 69.4 Å².